The van der Waals surface area contributed by atoms with Crippen molar-refractivity contribution in [2.24, 2.45) is 0 Å². The Balaban J connectivity index is 1.56. The van der Waals surface area contributed by atoms with E-state index in [0.717, 1.165) is 15.3 Å². The van der Waals surface area contributed by atoms with E-state index in [-0.39, 0.29) is 5.56 Å². The summed E-state index contributed by atoms with van der Waals surface area (Å²) in [6.07, 6.45) is 1.24. The third-order valence-corrected chi connectivity index (χ3v) is 7.88. The smallest absolute Gasteiger partial charge is 0.260 e. The van der Waals surface area contributed by atoms with Crippen molar-refractivity contribution in [3.8, 4) is 10.4 Å². The minimum atomic E-state index is -3.14. The fraction of sp³-hybridized carbons (Fsp3) is 0.412. The Morgan fingerprint density at radius 3 is 2.59 bits per heavy atom. The molecule has 10 heteroatoms. The number of aryl methyl sites for hydroxylation is 1. The molecule has 0 aromatic carbocycles. The number of rotatable bonds is 4. The molecule has 3 aromatic heterocycles. The van der Waals surface area contributed by atoms with Crippen molar-refractivity contribution < 1.29 is 8.42 Å². The number of thiophene rings is 2. The zero-order valence-electron chi connectivity index (χ0n) is 15.1. The van der Waals surface area contributed by atoms with Gasteiger partial charge in [0, 0.05) is 46.9 Å². The molecule has 4 heterocycles. The summed E-state index contributed by atoms with van der Waals surface area (Å²) >= 11 is 3.15. The summed E-state index contributed by atoms with van der Waals surface area (Å²) in [7, 11) is -3.14. The minimum absolute atomic E-state index is 0.118. The lowest BCUT2D eigenvalue weighted by Crippen LogP contribution is -2.48. The molecule has 1 N–H and O–H groups in total. The number of hydrogen-bond acceptors (Lipinski definition) is 7. The number of nitrogens with one attached hydrogen (secondary N) is 1. The first-order chi connectivity index (χ1) is 12.8. The highest BCUT2D eigenvalue weighted by atomic mass is 32.2. The van der Waals surface area contributed by atoms with Gasteiger partial charge in [-0.05, 0) is 19.1 Å². The van der Waals surface area contributed by atoms with Crippen molar-refractivity contribution in [1.29, 1.82) is 0 Å². The molecule has 0 atom stereocenters. The second kappa shape index (κ2) is 7.10. The monoisotopic (exact) mass is 424 g/mol. The average molecular weight is 425 g/mol. The molecule has 7 nitrogen and oxygen atoms in total. The van der Waals surface area contributed by atoms with Crippen molar-refractivity contribution in [1.82, 2.24) is 19.2 Å². The minimum Gasteiger partial charge on any atom is -0.309 e. The Bertz CT molecular complexity index is 1140. The molecule has 0 bridgehead atoms. The van der Waals surface area contributed by atoms with Gasteiger partial charge in [-0.3, -0.25) is 9.69 Å². The highest BCUT2D eigenvalue weighted by Crippen LogP contribution is 2.35. The van der Waals surface area contributed by atoms with Crippen LogP contribution in [0.5, 0.6) is 0 Å². The fourth-order valence-corrected chi connectivity index (χ4v) is 6.01. The SMILES string of the molecule is Cc1ccc(-c2csc3nc(CN4CCN(S(C)(=O)=O)CC4)[nH]c(=O)c23)s1. The van der Waals surface area contributed by atoms with Crippen molar-refractivity contribution in [2.75, 3.05) is 32.4 Å². The third kappa shape index (κ3) is 3.85. The van der Waals surface area contributed by atoms with E-state index in [0.29, 0.717) is 43.9 Å². The van der Waals surface area contributed by atoms with Crippen LogP contribution in [0.1, 0.15) is 10.7 Å². The number of piperazine rings is 1. The largest absolute Gasteiger partial charge is 0.309 e. The zero-order chi connectivity index (χ0) is 19.2. The van der Waals surface area contributed by atoms with Crippen LogP contribution in [0.25, 0.3) is 20.7 Å². The quantitative estimate of drug-likeness (QED) is 0.693. The second-order valence-electron chi connectivity index (χ2n) is 6.69. The number of sulfonamides is 1. The zero-order valence-corrected chi connectivity index (χ0v) is 17.5. The molecule has 1 saturated heterocycles. The van der Waals surface area contributed by atoms with Crippen LogP contribution in [0.3, 0.4) is 0 Å². The van der Waals surface area contributed by atoms with Gasteiger partial charge in [-0.25, -0.2) is 13.4 Å². The molecule has 144 valence electrons. The molecule has 4 rings (SSSR count). The Kier molecular flexibility index (Phi) is 4.93. The number of fused-ring (bicyclic) bond motifs is 1. The van der Waals surface area contributed by atoms with Gasteiger partial charge in [-0.15, -0.1) is 22.7 Å². The van der Waals surface area contributed by atoms with Gasteiger partial charge < -0.3 is 4.98 Å². The second-order valence-corrected chi connectivity index (χ2v) is 10.8. The maximum Gasteiger partial charge on any atom is 0.260 e. The van der Waals surface area contributed by atoms with Crippen molar-refractivity contribution >= 4 is 42.9 Å². The van der Waals surface area contributed by atoms with Gasteiger partial charge in [-0.2, -0.15) is 4.31 Å². The van der Waals surface area contributed by atoms with Crippen LogP contribution in [-0.2, 0) is 16.6 Å². The highest BCUT2D eigenvalue weighted by molar-refractivity contribution is 7.88. The van der Waals surface area contributed by atoms with E-state index in [1.165, 1.54) is 26.8 Å². The first-order valence-electron chi connectivity index (χ1n) is 8.56. The van der Waals surface area contributed by atoms with Gasteiger partial charge in [0.15, 0.2) is 0 Å². The molecule has 1 aliphatic heterocycles. The maximum absolute atomic E-state index is 12.7. The Morgan fingerprint density at radius 1 is 1.22 bits per heavy atom. The number of aromatic amines is 1. The topological polar surface area (TPSA) is 86.4 Å². The number of nitrogens with zero attached hydrogens (tertiary/aromatic N) is 3. The van der Waals surface area contributed by atoms with E-state index in [1.807, 2.05) is 18.4 Å². The van der Waals surface area contributed by atoms with E-state index < -0.39 is 10.0 Å². The van der Waals surface area contributed by atoms with Gasteiger partial charge in [0.2, 0.25) is 10.0 Å². The molecule has 1 aliphatic rings. The Labute approximate surface area is 165 Å². The van der Waals surface area contributed by atoms with Gasteiger partial charge in [0.1, 0.15) is 10.7 Å². The molecule has 27 heavy (non-hydrogen) atoms. The van der Waals surface area contributed by atoms with E-state index in [4.69, 9.17) is 0 Å². The van der Waals surface area contributed by atoms with Crippen LogP contribution in [0, 0.1) is 6.92 Å². The van der Waals surface area contributed by atoms with Crippen molar-refractivity contribution in [2.45, 2.75) is 13.5 Å². The summed E-state index contributed by atoms with van der Waals surface area (Å²) in [5.74, 6) is 0.621. The highest BCUT2D eigenvalue weighted by Gasteiger charge is 2.24. The van der Waals surface area contributed by atoms with Crippen molar-refractivity contribution in [3.63, 3.8) is 0 Å². The summed E-state index contributed by atoms with van der Waals surface area (Å²) in [5, 5.41) is 2.64. The lowest BCUT2D eigenvalue weighted by Gasteiger charge is -2.32. The average Bonchev–Trinajstić information content (AvgIpc) is 3.21. The lowest BCUT2D eigenvalue weighted by atomic mass is 10.2. The number of aromatic nitrogens is 2. The van der Waals surface area contributed by atoms with Crippen LogP contribution in [-0.4, -0.2) is 60.0 Å². The fourth-order valence-electron chi connectivity index (χ4n) is 3.26. The Hall–Kier alpha value is -1.59. The van der Waals surface area contributed by atoms with Crippen LogP contribution in [0.4, 0.5) is 0 Å². The van der Waals surface area contributed by atoms with Gasteiger partial charge in [0.25, 0.3) is 5.56 Å². The maximum atomic E-state index is 12.7. The first-order valence-corrected chi connectivity index (χ1v) is 12.1. The van der Waals surface area contributed by atoms with Gasteiger partial charge >= 0.3 is 0 Å². The summed E-state index contributed by atoms with van der Waals surface area (Å²) in [6.45, 7) is 4.73. The Morgan fingerprint density at radius 2 is 1.96 bits per heavy atom. The van der Waals surface area contributed by atoms with Crippen LogP contribution < -0.4 is 5.56 Å². The molecule has 0 saturated carbocycles. The van der Waals surface area contributed by atoms with Gasteiger partial charge in [0.05, 0.1) is 18.2 Å². The molecule has 0 unspecified atom stereocenters. The molecule has 3 aromatic rings. The van der Waals surface area contributed by atoms with Crippen LogP contribution >= 0.6 is 22.7 Å². The predicted molar refractivity (Wildman–Crippen MR) is 110 cm³/mol. The van der Waals surface area contributed by atoms with Crippen molar-refractivity contribution in [3.05, 3.63) is 38.6 Å². The molecular formula is C17H20N4O3S3. The molecular weight excluding hydrogens is 404 g/mol. The molecule has 0 amide bonds. The molecule has 0 aliphatic carbocycles. The molecule has 0 radical (unpaired) electrons. The summed E-state index contributed by atoms with van der Waals surface area (Å²) in [4.78, 5) is 25.4. The first kappa shape index (κ1) is 18.8. The third-order valence-electron chi connectivity index (χ3n) is 4.67. The van der Waals surface area contributed by atoms with E-state index in [2.05, 4.69) is 20.9 Å². The van der Waals surface area contributed by atoms with E-state index in [9.17, 15) is 13.2 Å². The van der Waals surface area contributed by atoms with Crippen LogP contribution in [0.15, 0.2) is 22.3 Å². The van der Waals surface area contributed by atoms with E-state index >= 15 is 0 Å². The molecule has 1 fully saturated rings. The summed E-state index contributed by atoms with van der Waals surface area (Å²) in [6, 6.07) is 4.09. The van der Waals surface area contributed by atoms with Crippen LogP contribution in [0.2, 0.25) is 0 Å². The molecule has 0 spiro atoms. The normalized spacial score (nSPS) is 17.0. The number of hydrogen-bond donors (Lipinski definition) is 1. The standard InChI is InChI=1S/C17H20N4O3S3/c1-11-3-4-13(26-11)12-10-25-17-15(12)16(22)18-14(19-17)9-20-5-7-21(8-6-20)27(2,23)24/h3-4,10H,5-9H2,1-2H3,(H,18,19,22). The van der Waals surface area contributed by atoms with E-state index in [1.54, 1.807) is 11.3 Å². The summed E-state index contributed by atoms with van der Waals surface area (Å²) in [5.41, 5.74) is 0.822. The predicted octanol–water partition coefficient (Wildman–Crippen LogP) is 2.10. The van der Waals surface area contributed by atoms with Gasteiger partial charge in [-0.1, -0.05) is 0 Å². The lowest BCUT2D eigenvalue weighted by molar-refractivity contribution is 0.178. The summed E-state index contributed by atoms with van der Waals surface area (Å²) < 4.78 is 24.7. The number of H-pyrrole nitrogens is 1.